The van der Waals surface area contributed by atoms with Crippen LogP contribution in [0.1, 0.15) is 11.4 Å². The Balaban J connectivity index is 2.20. The monoisotopic (exact) mass is 304 g/mol. The minimum atomic E-state index is -4.75. The van der Waals surface area contributed by atoms with E-state index in [0.717, 1.165) is 24.3 Å². The molecule has 2 aromatic rings. The van der Waals surface area contributed by atoms with Crippen LogP contribution in [-0.2, 0) is 12.7 Å². The van der Waals surface area contributed by atoms with E-state index in [4.69, 9.17) is 5.73 Å². The average Bonchev–Trinajstić information content (AvgIpc) is 2.38. The number of benzene rings is 1. The van der Waals surface area contributed by atoms with Crippen LogP contribution in [0.15, 0.2) is 24.3 Å². The quantitative estimate of drug-likeness (QED) is 0.856. The molecule has 0 aliphatic rings. The largest absolute Gasteiger partial charge is 0.451 e. The fourth-order valence-corrected chi connectivity index (χ4v) is 1.55. The third-order valence-electron chi connectivity index (χ3n) is 2.47. The Morgan fingerprint density at radius 1 is 1.10 bits per heavy atom. The average molecular weight is 304 g/mol. The van der Waals surface area contributed by atoms with Gasteiger partial charge in [-0.3, -0.25) is 0 Å². The molecule has 4 nitrogen and oxygen atoms in total. The Morgan fingerprint density at radius 2 is 1.81 bits per heavy atom. The van der Waals surface area contributed by atoms with Crippen molar-refractivity contribution in [1.29, 1.82) is 0 Å². The lowest BCUT2D eigenvalue weighted by atomic mass is 10.2. The maximum absolute atomic E-state index is 13.4. The van der Waals surface area contributed by atoms with Crippen LogP contribution in [0.25, 0.3) is 0 Å². The molecule has 0 aliphatic heterocycles. The molecule has 112 valence electrons. The van der Waals surface area contributed by atoms with Crippen LogP contribution >= 0.6 is 0 Å². The highest BCUT2D eigenvalue weighted by Crippen LogP contribution is 2.27. The summed E-state index contributed by atoms with van der Waals surface area (Å²) in [7, 11) is 0. The van der Waals surface area contributed by atoms with Gasteiger partial charge in [0.25, 0.3) is 0 Å². The van der Waals surface area contributed by atoms with Gasteiger partial charge in [0, 0.05) is 18.2 Å². The van der Waals surface area contributed by atoms with Crippen LogP contribution in [0.4, 0.5) is 33.6 Å². The normalized spacial score (nSPS) is 11.5. The van der Waals surface area contributed by atoms with E-state index in [1.807, 2.05) is 0 Å². The first-order valence-corrected chi connectivity index (χ1v) is 5.65. The van der Waals surface area contributed by atoms with Gasteiger partial charge >= 0.3 is 6.18 Å². The maximum atomic E-state index is 13.4. The van der Waals surface area contributed by atoms with E-state index in [0.29, 0.717) is 0 Å². The molecule has 1 heterocycles. The molecular weight excluding hydrogens is 295 g/mol. The maximum Gasteiger partial charge on any atom is 0.451 e. The summed E-state index contributed by atoms with van der Waals surface area (Å²) in [6.07, 6.45) is -4.75. The Bertz CT molecular complexity index is 657. The smallest absolute Gasteiger partial charge is 0.384 e. The molecule has 3 N–H and O–H groups in total. The number of halogens is 5. The van der Waals surface area contributed by atoms with Crippen molar-refractivity contribution < 1.29 is 22.0 Å². The predicted molar refractivity (Wildman–Crippen MR) is 65.1 cm³/mol. The summed E-state index contributed by atoms with van der Waals surface area (Å²) < 4.78 is 63.9. The van der Waals surface area contributed by atoms with Crippen LogP contribution in [0.5, 0.6) is 0 Å². The van der Waals surface area contributed by atoms with Crippen molar-refractivity contribution in [1.82, 2.24) is 9.97 Å². The highest BCUT2D eigenvalue weighted by Gasteiger charge is 2.35. The molecule has 0 spiro atoms. The van der Waals surface area contributed by atoms with Gasteiger partial charge in [-0.15, -0.1) is 0 Å². The van der Waals surface area contributed by atoms with Crippen molar-refractivity contribution in [2.24, 2.45) is 0 Å². The van der Waals surface area contributed by atoms with Crippen molar-refractivity contribution in [3.05, 3.63) is 47.3 Å². The number of rotatable bonds is 3. The lowest BCUT2D eigenvalue weighted by molar-refractivity contribution is -0.144. The van der Waals surface area contributed by atoms with Gasteiger partial charge in [0.05, 0.1) is 0 Å². The third kappa shape index (κ3) is 3.77. The molecule has 0 saturated heterocycles. The molecule has 0 aliphatic carbocycles. The number of nitrogens with two attached hydrogens (primary N) is 1. The molecule has 0 unspecified atom stereocenters. The van der Waals surface area contributed by atoms with Crippen LogP contribution in [0, 0.1) is 11.6 Å². The Labute approximate surface area is 115 Å². The zero-order chi connectivity index (χ0) is 15.6. The first kappa shape index (κ1) is 14.9. The number of hydrogen-bond donors (Lipinski definition) is 2. The molecular formula is C12H9F5N4. The van der Waals surface area contributed by atoms with Gasteiger partial charge in [-0.05, 0) is 18.2 Å². The zero-order valence-corrected chi connectivity index (χ0v) is 10.4. The predicted octanol–water partition coefficient (Wildman–Crippen LogP) is 2.97. The summed E-state index contributed by atoms with van der Waals surface area (Å²) >= 11 is 0. The molecule has 0 bridgehead atoms. The number of alkyl halides is 3. The standard InChI is InChI=1S/C12H9F5N4/c13-7-1-2-8(14)6(3-7)5-19-10-4-9(18)20-11(21-10)12(15,16)17/h1-4H,5H2,(H3,18,19,20,21). The zero-order valence-electron chi connectivity index (χ0n) is 10.4. The van der Waals surface area contributed by atoms with Crippen LogP contribution in [0.2, 0.25) is 0 Å². The SMILES string of the molecule is Nc1cc(NCc2cc(F)ccc2F)nc(C(F)(F)F)n1. The van der Waals surface area contributed by atoms with Gasteiger partial charge in [-0.2, -0.15) is 13.2 Å². The van der Waals surface area contributed by atoms with E-state index in [2.05, 4.69) is 15.3 Å². The molecule has 9 heteroatoms. The third-order valence-corrected chi connectivity index (χ3v) is 2.47. The number of nitrogen functional groups attached to an aromatic ring is 1. The highest BCUT2D eigenvalue weighted by molar-refractivity contribution is 5.45. The van der Waals surface area contributed by atoms with Gasteiger partial charge in [0.15, 0.2) is 0 Å². The topological polar surface area (TPSA) is 63.8 Å². The van der Waals surface area contributed by atoms with E-state index in [-0.39, 0.29) is 23.7 Å². The van der Waals surface area contributed by atoms with Crippen molar-refractivity contribution >= 4 is 11.6 Å². The Morgan fingerprint density at radius 3 is 2.48 bits per heavy atom. The molecule has 0 radical (unpaired) electrons. The molecule has 0 amide bonds. The second kappa shape index (κ2) is 5.51. The molecule has 1 aromatic heterocycles. The fourth-order valence-electron chi connectivity index (χ4n) is 1.55. The number of aromatic nitrogens is 2. The highest BCUT2D eigenvalue weighted by atomic mass is 19.4. The lowest BCUT2D eigenvalue weighted by Gasteiger charge is -2.10. The van der Waals surface area contributed by atoms with E-state index in [1.54, 1.807) is 0 Å². The minimum absolute atomic E-state index is 0.0549. The molecule has 2 rings (SSSR count). The van der Waals surface area contributed by atoms with E-state index in [9.17, 15) is 22.0 Å². The Kier molecular flexibility index (Phi) is 3.92. The number of nitrogens with zero attached hydrogens (tertiary/aromatic N) is 2. The van der Waals surface area contributed by atoms with Crippen LogP contribution in [0.3, 0.4) is 0 Å². The minimum Gasteiger partial charge on any atom is -0.384 e. The van der Waals surface area contributed by atoms with Crippen LogP contribution < -0.4 is 11.1 Å². The summed E-state index contributed by atoms with van der Waals surface area (Å²) in [4.78, 5) is 6.29. The number of nitrogens with one attached hydrogen (secondary N) is 1. The first-order valence-electron chi connectivity index (χ1n) is 5.65. The number of anilines is 2. The Hall–Kier alpha value is -2.45. The molecule has 0 fully saturated rings. The van der Waals surface area contributed by atoms with Gasteiger partial charge in [-0.25, -0.2) is 18.7 Å². The van der Waals surface area contributed by atoms with E-state index >= 15 is 0 Å². The van der Waals surface area contributed by atoms with Crippen molar-refractivity contribution in [3.8, 4) is 0 Å². The molecule has 0 atom stereocenters. The summed E-state index contributed by atoms with van der Waals surface area (Å²) in [6, 6.07) is 3.84. The summed E-state index contributed by atoms with van der Waals surface area (Å²) in [5, 5.41) is 2.44. The van der Waals surface area contributed by atoms with Gasteiger partial charge in [0.2, 0.25) is 5.82 Å². The lowest BCUT2D eigenvalue weighted by Crippen LogP contribution is -2.14. The van der Waals surface area contributed by atoms with E-state index in [1.165, 1.54) is 0 Å². The van der Waals surface area contributed by atoms with Crippen molar-refractivity contribution in [2.75, 3.05) is 11.1 Å². The molecule has 1 aromatic carbocycles. The van der Waals surface area contributed by atoms with E-state index < -0.39 is 23.6 Å². The first-order chi connectivity index (χ1) is 9.75. The van der Waals surface area contributed by atoms with Gasteiger partial charge in [-0.1, -0.05) is 0 Å². The summed E-state index contributed by atoms with van der Waals surface area (Å²) in [6.45, 7) is -0.253. The second-order valence-electron chi connectivity index (χ2n) is 4.09. The van der Waals surface area contributed by atoms with Gasteiger partial charge < -0.3 is 11.1 Å². The second-order valence-corrected chi connectivity index (χ2v) is 4.09. The van der Waals surface area contributed by atoms with Crippen molar-refractivity contribution in [2.45, 2.75) is 12.7 Å². The van der Waals surface area contributed by atoms with Crippen molar-refractivity contribution in [3.63, 3.8) is 0 Å². The van der Waals surface area contributed by atoms with Crippen LogP contribution in [-0.4, -0.2) is 9.97 Å². The van der Waals surface area contributed by atoms with Gasteiger partial charge in [0.1, 0.15) is 23.3 Å². The molecule has 0 saturated carbocycles. The summed E-state index contributed by atoms with van der Waals surface area (Å²) in [5.74, 6) is -3.39. The fraction of sp³-hybridized carbons (Fsp3) is 0.167. The number of hydrogen-bond acceptors (Lipinski definition) is 4. The summed E-state index contributed by atoms with van der Waals surface area (Å²) in [5.41, 5.74) is 5.20. The molecule has 21 heavy (non-hydrogen) atoms.